The fourth-order valence-corrected chi connectivity index (χ4v) is 5.57. The number of hydrogen-bond donors (Lipinski definition) is 15. The van der Waals surface area contributed by atoms with Crippen molar-refractivity contribution in [3.63, 3.8) is 0 Å². The van der Waals surface area contributed by atoms with Gasteiger partial charge < -0.3 is 75.5 Å². The summed E-state index contributed by atoms with van der Waals surface area (Å²) in [7, 11) is 0. The predicted molar refractivity (Wildman–Crippen MR) is 213 cm³/mol. The SMILES string of the molecule is CC(=O)NCCCC[C@H](NC(=O)[C@H](CCCNC(N)N)NC(=O)[C@H](CCCC[NH3+])NC(=O)[C@H](C)[NH3+])C(=O)N[C@H](C(=O)N[C@H](C(=O)N[C@H](C(=O)O)[C@@H](C)O)C(C)C)[C@@H](C)O. The Morgan fingerprint density at radius 3 is 1.41 bits per heavy atom. The molecule has 0 aromatic rings. The summed E-state index contributed by atoms with van der Waals surface area (Å²) in [5.74, 6) is -7.18. The first-order chi connectivity index (χ1) is 27.5. The number of unbranched alkanes of at least 4 members (excludes halogenated alkanes) is 2. The third-order valence-corrected chi connectivity index (χ3v) is 9.04. The highest BCUT2D eigenvalue weighted by Gasteiger charge is 2.36. The molecule has 23 nitrogen and oxygen atoms in total. The van der Waals surface area contributed by atoms with Crippen LogP contribution in [0.4, 0.5) is 0 Å². The van der Waals surface area contributed by atoms with Gasteiger partial charge in [0, 0.05) is 13.5 Å². The van der Waals surface area contributed by atoms with E-state index < -0.39 is 108 Å². The molecular formula is C36H72N12O11+2. The Balaban J connectivity index is 6.52. The number of aliphatic hydroxyl groups excluding tert-OH is 2. The number of aliphatic hydroxyl groups is 2. The highest BCUT2D eigenvalue weighted by molar-refractivity contribution is 5.97. The van der Waals surface area contributed by atoms with E-state index in [1.807, 2.05) is 0 Å². The lowest BCUT2D eigenvalue weighted by molar-refractivity contribution is -0.398. The normalized spacial score (nSPS) is 15.9. The Bertz CT molecular complexity index is 1370. The van der Waals surface area contributed by atoms with Crippen LogP contribution in [0.2, 0.25) is 0 Å². The van der Waals surface area contributed by atoms with Crippen molar-refractivity contribution in [2.45, 2.75) is 154 Å². The molecule has 0 aliphatic carbocycles. The second-order valence-electron chi connectivity index (χ2n) is 15.1. The van der Waals surface area contributed by atoms with E-state index >= 15 is 0 Å². The number of aliphatic carboxylic acids is 1. The maximum absolute atomic E-state index is 14.0. The van der Waals surface area contributed by atoms with Crippen LogP contribution in [-0.2, 0) is 38.4 Å². The Labute approximate surface area is 345 Å². The van der Waals surface area contributed by atoms with Gasteiger partial charge in [-0.1, -0.05) is 13.8 Å². The molecule has 0 unspecified atom stereocenters. The van der Waals surface area contributed by atoms with Crippen LogP contribution in [0.5, 0.6) is 0 Å². The fraction of sp³-hybridized carbons (Fsp3) is 0.778. The number of carboxylic acids is 1. The largest absolute Gasteiger partial charge is 0.480 e. The molecule has 0 aliphatic heterocycles. The first-order valence-corrected chi connectivity index (χ1v) is 20.1. The van der Waals surface area contributed by atoms with Crippen LogP contribution in [0.15, 0.2) is 0 Å². The number of nitrogens with two attached hydrogens (primary N) is 2. The molecule has 0 saturated carbocycles. The molecule has 0 spiro atoms. The predicted octanol–water partition coefficient (Wildman–Crippen LogP) is -6.68. The van der Waals surface area contributed by atoms with Gasteiger partial charge in [-0.3, -0.25) is 38.9 Å². The minimum atomic E-state index is -1.69. The van der Waals surface area contributed by atoms with Crippen LogP contribution in [0.3, 0.4) is 0 Å². The van der Waals surface area contributed by atoms with Crippen molar-refractivity contribution in [3.8, 4) is 0 Å². The molecule has 21 N–H and O–H groups in total. The van der Waals surface area contributed by atoms with Gasteiger partial charge in [0.15, 0.2) is 12.1 Å². The third-order valence-electron chi connectivity index (χ3n) is 9.04. The van der Waals surface area contributed by atoms with Crippen LogP contribution in [0, 0.1) is 5.92 Å². The number of carbonyl (C=O) groups is 8. The molecule has 59 heavy (non-hydrogen) atoms. The van der Waals surface area contributed by atoms with Gasteiger partial charge in [0.1, 0.15) is 36.5 Å². The van der Waals surface area contributed by atoms with E-state index in [0.717, 1.165) is 6.92 Å². The monoisotopic (exact) mass is 849 g/mol. The van der Waals surface area contributed by atoms with E-state index in [1.165, 1.54) is 13.8 Å². The van der Waals surface area contributed by atoms with Crippen LogP contribution in [0.1, 0.15) is 92.9 Å². The molecule has 0 aromatic carbocycles. The zero-order chi connectivity index (χ0) is 45.4. The van der Waals surface area contributed by atoms with Crippen molar-refractivity contribution in [1.82, 2.24) is 42.5 Å². The van der Waals surface area contributed by atoms with E-state index in [1.54, 1.807) is 20.8 Å². The maximum Gasteiger partial charge on any atom is 0.328 e. The summed E-state index contributed by atoms with van der Waals surface area (Å²) in [6.45, 7) is 9.50. The van der Waals surface area contributed by atoms with Crippen molar-refractivity contribution in [2.75, 3.05) is 19.6 Å². The lowest BCUT2D eigenvalue weighted by Crippen LogP contribution is -2.67. The smallest absolute Gasteiger partial charge is 0.328 e. The zero-order valence-corrected chi connectivity index (χ0v) is 35.3. The number of amides is 7. The number of rotatable bonds is 30. The molecule has 340 valence electrons. The minimum Gasteiger partial charge on any atom is -0.480 e. The van der Waals surface area contributed by atoms with E-state index in [4.69, 9.17) is 11.5 Å². The van der Waals surface area contributed by atoms with Crippen molar-refractivity contribution in [2.24, 2.45) is 17.4 Å². The van der Waals surface area contributed by atoms with E-state index in [-0.39, 0.29) is 51.1 Å². The van der Waals surface area contributed by atoms with Gasteiger partial charge in [0.05, 0.1) is 18.8 Å². The van der Waals surface area contributed by atoms with Gasteiger partial charge in [-0.25, -0.2) is 4.79 Å². The second kappa shape index (κ2) is 28.8. The Kier molecular flexibility index (Phi) is 26.6. The highest BCUT2D eigenvalue weighted by atomic mass is 16.4. The van der Waals surface area contributed by atoms with Crippen LogP contribution < -0.4 is 65.5 Å². The number of nitrogens with one attached hydrogen (secondary N) is 8. The molecule has 0 aliphatic rings. The van der Waals surface area contributed by atoms with Crippen molar-refractivity contribution < 1.29 is 65.1 Å². The molecule has 23 heteroatoms. The van der Waals surface area contributed by atoms with Gasteiger partial charge in [-0.15, -0.1) is 0 Å². The topological polar surface area (TPSA) is 401 Å². The van der Waals surface area contributed by atoms with Gasteiger partial charge in [-0.2, -0.15) is 0 Å². The van der Waals surface area contributed by atoms with Crippen LogP contribution in [-0.4, -0.2) is 143 Å². The number of quaternary nitrogens is 2. The lowest BCUT2D eigenvalue weighted by atomic mass is 10.0. The molecule has 0 radical (unpaired) electrons. The zero-order valence-electron chi connectivity index (χ0n) is 35.3. The van der Waals surface area contributed by atoms with Crippen molar-refractivity contribution >= 4 is 47.3 Å². The summed E-state index contributed by atoms with van der Waals surface area (Å²) >= 11 is 0. The maximum atomic E-state index is 14.0. The summed E-state index contributed by atoms with van der Waals surface area (Å²) < 4.78 is 0. The van der Waals surface area contributed by atoms with Crippen LogP contribution in [0.25, 0.3) is 0 Å². The van der Waals surface area contributed by atoms with Gasteiger partial charge >= 0.3 is 5.97 Å². The summed E-state index contributed by atoms with van der Waals surface area (Å²) in [5.41, 5.74) is 18.7. The molecule has 0 heterocycles. The average molecular weight is 849 g/mol. The van der Waals surface area contributed by atoms with Gasteiger partial charge in [-0.05, 0) is 84.6 Å². The van der Waals surface area contributed by atoms with E-state index in [2.05, 4.69) is 54.0 Å². The molecule has 0 aromatic heterocycles. The highest BCUT2D eigenvalue weighted by Crippen LogP contribution is 2.10. The van der Waals surface area contributed by atoms with Crippen LogP contribution >= 0.6 is 0 Å². The summed E-state index contributed by atoms with van der Waals surface area (Å²) in [4.78, 5) is 104. The molecule has 0 bridgehead atoms. The lowest BCUT2D eigenvalue weighted by Gasteiger charge is -2.29. The molecular weight excluding hydrogens is 776 g/mol. The second-order valence-corrected chi connectivity index (χ2v) is 15.1. The summed E-state index contributed by atoms with van der Waals surface area (Å²) in [6.07, 6.45) is -1.42. The molecule has 0 rings (SSSR count). The molecule has 0 saturated heterocycles. The van der Waals surface area contributed by atoms with Crippen molar-refractivity contribution in [3.05, 3.63) is 0 Å². The molecule has 0 fully saturated rings. The molecule has 9 atom stereocenters. The van der Waals surface area contributed by atoms with E-state index in [0.29, 0.717) is 25.8 Å². The average Bonchev–Trinajstić information content (AvgIpc) is 3.13. The number of carboxylic acid groups (broad SMARTS) is 1. The van der Waals surface area contributed by atoms with Gasteiger partial charge in [0.2, 0.25) is 35.4 Å². The first kappa shape index (κ1) is 54.5. The van der Waals surface area contributed by atoms with Crippen molar-refractivity contribution in [1.29, 1.82) is 0 Å². The molecule has 7 amide bonds. The summed E-state index contributed by atoms with van der Waals surface area (Å²) in [6, 6.07) is -9.00. The Hall–Kier alpha value is -4.52. The standard InChI is InChI=1S/C36H70N12O11/c1-18(2)26(33(56)48-28(21(5)50)35(58)59)46-34(57)27(20(4)49)47-32(55)24(13-8-10-16-41-22(6)51)44-31(54)25(14-11-17-42-36(39)40)45-30(53)23(12-7-9-15-37)43-29(52)19(3)38/h18-21,23-28,36,42,49-50H,7-17,37-40H2,1-6H3,(H,41,51)(H,43,52)(H,44,54)(H,45,53)(H,46,57)(H,47,55)(H,48,56)(H,58,59)/p+2/t19-,20+,21+,23-,24-,25-,26-,27-,28-/m0/s1. The summed E-state index contributed by atoms with van der Waals surface area (Å²) in [5, 5.41) is 50.3. The van der Waals surface area contributed by atoms with Gasteiger partial charge in [0.25, 0.3) is 5.91 Å². The Morgan fingerprint density at radius 1 is 0.559 bits per heavy atom. The van der Waals surface area contributed by atoms with E-state index in [9.17, 15) is 53.7 Å². The quantitative estimate of drug-likeness (QED) is 0.0236. The minimum absolute atomic E-state index is 0.0202. The number of hydrogen-bond acceptors (Lipinski definition) is 13. The Morgan fingerprint density at radius 2 is 0.983 bits per heavy atom. The first-order valence-electron chi connectivity index (χ1n) is 20.1. The fourth-order valence-electron chi connectivity index (χ4n) is 5.57. The third kappa shape index (κ3) is 22.4. The number of carbonyl (C=O) groups excluding carboxylic acids is 7.